The maximum Gasteiger partial charge on any atom is 0.257 e. The molecule has 0 aromatic heterocycles. The molecule has 0 saturated carbocycles. The van der Waals surface area contributed by atoms with Gasteiger partial charge in [0.25, 0.3) is 5.91 Å². The number of anilines is 1. The molecular weight excluding hydrogens is 264 g/mol. The van der Waals surface area contributed by atoms with Gasteiger partial charge in [-0.3, -0.25) is 4.79 Å². The first-order valence-electron chi connectivity index (χ1n) is 6.93. The van der Waals surface area contributed by atoms with Crippen molar-refractivity contribution < 1.29 is 9.53 Å². The Balaban J connectivity index is 2.25. The molecule has 2 N–H and O–H groups in total. The Hall–Kier alpha value is -2.49. The third kappa shape index (κ3) is 3.34. The number of carbonyl (C=O) groups excluding carboxylic acids is 1. The van der Waals surface area contributed by atoms with Gasteiger partial charge in [-0.05, 0) is 30.7 Å². The summed E-state index contributed by atoms with van der Waals surface area (Å²) in [5.41, 5.74) is 8.17. The van der Waals surface area contributed by atoms with E-state index in [1.807, 2.05) is 43.3 Å². The first-order chi connectivity index (χ1) is 10.2. The zero-order chi connectivity index (χ0) is 15.2. The van der Waals surface area contributed by atoms with Crippen LogP contribution in [0.3, 0.4) is 0 Å². The van der Waals surface area contributed by atoms with Crippen molar-refractivity contribution in [3.05, 3.63) is 59.7 Å². The molecule has 2 rings (SSSR count). The minimum atomic E-state index is -0.0572. The molecule has 2 aromatic carbocycles. The highest BCUT2D eigenvalue weighted by Gasteiger charge is 2.18. The lowest BCUT2D eigenvalue weighted by Crippen LogP contribution is -2.30. The highest BCUT2D eigenvalue weighted by Crippen LogP contribution is 2.21. The lowest BCUT2D eigenvalue weighted by atomic mass is 10.1. The molecule has 0 spiro atoms. The molecule has 0 heterocycles. The number of nitrogens with two attached hydrogens (primary N) is 1. The maximum absolute atomic E-state index is 12.7. The van der Waals surface area contributed by atoms with Gasteiger partial charge in [0.05, 0.1) is 12.7 Å². The Labute approximate surface area is 125 Å². The van der Waals surface area contributed by atoms with Gasteiger partial charge in [-0.2, -0.15) is 0 Å². The fourth-order valence-corrected chi connectivity index (χ4v) is 2.20. The number of amides is 1. The Kier molecular flexibility index (Phi) is 4.82. The monoisotopic (exact) mass is 284 g/mol. The van der Waals surface area contributed by atoms with Crippen LogP contribution in [0.5, 0.6) is 5.75 Å². The van der Waals surface area contributed by atoms with Gasteiger partial charge >= 0.3 is 0 Å². The third-order valence-electron chi connectivity index (χ3n) is 3.42. The second kappa shape index (κ2) is 6.79. The van der Waals surface area contributed by atoms with Crippen molar-refractivity contribution in [1.29, 1.82) is 0 Å². The number of carbonyl (C=O) groups is 1. The van der Waals surface area contributed by atoms with E-state index in [0.717, 1.165) is 5.56 Å². The topological polar surface area (TPSA) is 55.6 Å². The molecule has 21 heavy (non-hydrogen) atoms. The Bertz CT molecular complexity index is 626. The van der Waals surface area contributed by atoms with Crippen molar-refractivity contribution in [2.24, 2.45) is 0 Å². The summed E-state index contributed by atoms with van der Waals surface area (Å²) >= 11 is 0. The normalized spacial score (nSPS) is 10.2. The van der Waals surface area contributed by atoms with Crippen LogP contribution in [0.25, 0.3) is 0 Å². The molecule has 0 unspecified atom stereocenters. The first kappa shape index (κ1) is 14.9. The summed E-state index contributed by atoms with van der Waals surface area (Å²) in [7, 11) is 1.57. The van der Waals surface area contributed by atoms with Gasteiger partial charge in [0.2, 0.25) is 0 Å². The standard InChI is InChI=1S/C17H20N2O2/c1-3-19(12-13-8-4-6-10-15(13)18)17(20)14-9-5-7-11-16(14)21-2/h4-11H,3,12,18H2,1-2H3. The predicted octanol–water partition coefficient (Wildman–Crippen LogP) is 2.94. The van der Waals surface area contributed by atoms with Crippen LogP contribution in [0.2, 0.25) is 0 Å². The van der Waals surface area contributed by atoms with Gasteiger partial charge in [-0.1, -0.05) is 30.3 Å². The first-order valence-corrected chi connectivity index (χ1v) is 6.93. The largest absolute Gasteiger partial charge is 0.496 e. The van der Waals surface area contributed by atoms with Crippen molar-refractivity contribution in [2.75, 3.05) is 19.4 Å². The van der Waals surface area contributed by atoms with Crippen molar-refractivity contribution in [3.8, 4) is 5.75 Å². The average Bonchev–Trinajstić information content (AvgIpc) is 2.53. The van der Waals surface area contributed by atoms with Gasteiger partial charge in [-0.15, -0.1) is 0 Å². The number of nitrogen functional groups attached to an aromatic ring is 1. The molecular formula is C17H20N2O2. The Morgan fingerprint density at radius 3 is 2.48 bits per heavy atom. The SMILES string of the molecule is CCN(Cc1ccccc1N)C(=O)c1ccccc1OC. The predicted molar refractivity (Wildman–Crippen MR) is 84.3 cm³/mol. The summed E-state index contributed by atoms with van der Waals surface area (Å²) in [5, 5.41) is 0. The fourth-order valence-electron chi connectivity index (χ4n) is 2.20. The van der Waals surface area contributed by atoms with Crippen LogP contribution in [-0.2, 0) is 6.54 Å². The molecule has 110 valence electrons. The van der Waals surface area contributed by atoms with Crippen molar-refractivity contribution in [2.45, 2.75) is 13.5 Å². The summed E-state index contributed by atoms with van der Waals surface area (Å²) in [6.45, 7) is 3.04. The van der Waals surface area contributed by atoms with Crippen LogP contribution in [0.15, 0.2) is 48.5 Å². The van der Waals surface area contributed by atoms with Crippen LogP contribution in [0.4, 0.5) is 5.69 Å². The van der Waals surface area contributed by atoms with E-state index in [1.165, 1.54) is 0 Å². The third-order valence-corrected chi connectivity index (χ3v) is 3.42. The van der Waals surface area contributed by atoms with Gasteiger partial charge in [0.1, 0.15) is 5.75 Å². The number of hydrogen-bond donors (Lipinski definition) is 1. The molecule has 0 bridgehead atoms. The summed E-state index contributed by atoms with van der Waals surface area (Å²) in [6, 6.07) is 14.8. The van der Waals surface area contributed by atoms with E-state index in [1.54, 1.807) is 24.1 Å². The van der Waals surface area contributed by atoms with E-state index in [9.17, 15) is 4.79 Å². The molecule has 4 heteroatoms. The van der Waals surface area contributed by atoms with Crippen LogP contribution < -0.4 is 10.5 Å². The van der Waals surface area contributed by atoms with Gasteiger partial charge in [0, 0.05) is 18.8 Å². The quantitative estimate of drug-likeness (QED) is 0.859. The maximum atomic E-state index is 12.7. The zero-order valence-electron chi connectivity index (χ0n) is 12.4. The van der Waals surface area contributed by atoms with Crippen LogP contribution in [0, 0.1) is 0 Å². The summed E-state index contributed by atoms with van der Waals surface area (Å²) < 4.78 is 5.26. The molecule has 0 radical (unpaired) electrons. The van der Waals surface area contributed by atoms with Crippen molar-refractivity contribution in [1.82, 2.24) is 4.90 Å². The fraction of sp³-hybridized carbons (Fsp3) is 0.235. The number of nitrogens with zero attached hydrogens (tertiary/aromatic N) is 1. The Morgan fingerprint density at radius 2 is 1.81 bits per heavy atom. The average molecular weight is 284 g/mol. The molecule has 0 saturated heterocycles. The van der Waals surface area contributed by atoms with E-state index in [-0.39, 0.29) is 5.91 Å². The minimum absolute atomic E-state index is 0.0572. The van der Waals surface area contributed by atoms with Gasteiger partial charge < -0.3 is 15.4 Å². The molecule has 0 atom stereocenters. The molecule has 0 aliphatic heterocycles. The van der Waals surface area contributed by atoms with E-state index in [0.29, 0.717) is 30.1 Å². The van der Waals surface area contributed by atoms with Crippen LogP contribution in [-0.4, -0.2) is 24.5 Å². The summed E-state index contributed by atoms with van der Waals surface area (Å²) in [6.07, 6.45) is 0. The van der Waals surface area contributed by atoms with E-state index >= 15 is 0 Å². The number of ether oxygens (including phenoxy) is 1. The molecule has 0 aliphatic carbocycles. The smallest absolute Gasteiger partial charge is 0.257 e. The summed E-state index contributed by atoms with van der Waals surface area (Å²) in [4.78, 5) is 14.4. The van der Waals surface area contributed by atoms with E-state index in [2.05, 4.69) is 0 Å². The molecule has 2 aromatic rings. The molecule has 1 amide bonds. The van der Waals surface area contributed by atoms with Gasteiger partial charge in [-0.25, -0.2) is 0 Å². The van der Waals surface area contributed by atoms with Gasteiger partial charge in [0.15, 0.2) is 0 Å². The van der Waals surface area contributed by atoms with Crippen molar-refractivity contribution in [3.63, 3.8) is 0 Å². The molecule has 4 nitrogen and oxygen atoms in total. The highest BCUT2D eigenvalue weighted by atomic mass is 16.5. The van der Waals surface area contributed by atoms with Crippen LogP contribution >= 0.6 is 0 Å². The number of benzene rings is 2. The second-order valence-electron chi connectivity index (χ2n) is 4.72. The Morgan fingerprint density at radius 1 is 1.14 bits per heavy atom. The highest BCUT2D eigenvalue weighted by molar-refractivity contribution is 5.97. The number of rotatable bonds is 5. The number of hydrogen-bond acceptors (Lipinski definition) is 3. The summed E-state index contributed by atoms with van der Waals surface area (Å²) in [5.74, 6) is 0.528. The number of methoxy groups -OCH3 is 1. The van der Waals surface area contributed by atoms with E-state index < -0.39 is 0 Å². The minimum Gasteiger partial charge on any atom is -0.496 e. The van der Waals surface area contributed by atoms with E-state index in [4.69, 9.17) is 10.5 Å². The second-order valence-corrected chi connectivity index (χ2v) is 4.72. The lowest BCUT2D eigenvalue weighted by molar-refractivity contribution is 0.0749. The van der Waals surface area contributed by atoms with Crippen molar-refractivity contribution >= 4 is 11.6 Å². The zero-order valence-corrected chi connectivity index (χ0v) is 12.4. The lowest BCUT2D eigenvalue weighted by Gasteiger charge is -2.22. The van der Waals surface area contributed by atoms with Crippen LogP contribution in [0.1, 0.15) is 22.8 Å². The molecule has 0 fully saturated rings. The number of para-hydroxylation sites is 2. The molecule has 0 aliphatic rings.